The second kappa shape index (κ2) is 13.8. The molecule has 0 aromatic carbocycles. The second-order valence-corrected chi connectivity index (χ2v) is 16.8. The molecule has 4 fully saturated rings. The van der Waals surface area contributed by atoms with Crippen molar-refractivity contribution in [2.45, 2.75) is 77.6 Å². The Labute approximate surface area is 294 Å². The van der Waals surface area contributed by atoms with Crippen LogP contribution < -0.4 is 5.32 Å². The molecule has 15 heteroatoms. The molecule has 5 aliphatic rings. The van der Waals surface area contributed by atoms with E-state index in [-0.39, 0.29) is 75.4 Å². The van der Waals surface area contributed by atoms with Gasteiger partial charge in [-0.2, -0.15) is 13.2 Å². The summed E-state index contributed by atoms with van der Waals surface area (Å²) < 4.78 is 46.6. The Morgan fingerprint density at radius 2 is 1.76 bits per heavy atom. The molecule has 1 spiro atoms. The summed E-state index contributed by atoms with van der Waals surface area (Å²) in [6.45, 7) is 6.47. The fourth-order valence-corrected chi connectivity index (χ4v) is 8.77. The lowest BCUT2D eigenvalue weighted by molar-refractivity contribution is -0.187. The van der Waals surface area contributed by atoms with Crippen molar-refractivity contribution in [1.29, 1.82) is 0 Å². The van der Waals surface area contributed by atoms with Crippen LogP contribution in [0.3, 0.4) is 0 Å². The third-order valence-corrected chi connectivity index (χ3v) is 12.6. The summed E-state index contributed by atoms with van der Waals surface area (Å²) in [5.74, 6) is -3.54. The zero-order valence-corrected chi connectivity index (χ0v) is 29.7. The number of carbonyl (C=O) groups is 4. The fraction of sp³-hybridized carbons (Fsp3) is 0.743. The maximum atomic E-state index is 14.4. The van der Waals surface area contributed by atoms with E-state index in [1.54, 1.807) is 22.2 Å². The average molecular weight is 724 g/mol. The lowest BCUT2D eigenvalue weighted by atomic mass is 9.70. The topological polar surface area (TPSA) is 132 Å². The molecule has 1 saturated carbocycles. The summed E-state index contributed by atoms with van der Waals surface area (Å²) in [4.78, 5) is 64.3. The van der Waals surface area contributed by atoms with E-state index in [1.807, 2.05) is 26.0 Å². The number of halogens is 3. The number of aliphatic hydroxyl groups excluding tert-OH is 1. The molecule has 3 saturated heterocycles. The van der Waals surface area contributed by atoms with E-state index >= 15 is 0 Å². The largest absolute Gasteiger partial charge is 0.396 e. The Morgan fingerprint density at radius 3 is 2.32 bits per heavy atom. The van der Waals surface area contributed by atoms with Crippen LogP contribution in [0.1, 0.15) is 69.0 Å². The quantitative estimate of drug-likeness (QED) is 0.354. The Bertz CT molecular complexity index is 1470. The van der Waals surface area contributed by atoms with Gasteiger partial charge >= 0.3 is 6.18 Å². The molecule has 11 nitrogen and oxygen atoms in total. The van der Waals surface area contributed by atoms with Crippen molar-refractivity contribution >= 4 is 35.0 Å². The van der Waals surface area contributed by atoms with Crippen molar-refractivity contribution in [2.75, 3.05) is 52.5 Å². The van der Waals surface area contributed by atoms with Crippen molar-refractivity contribution in [3.8, 4) is 0 Å². The molecular formula is C35H48F3N5O6S. The fourth-order valence-electron chi connectivity index (χ4n) is 8.19. The first-order chi connectivity index (χ1) is 23.6. The second-order valence-electron chi connectivity index (χ2n) is 15.9. The molecule has 3 aliphatic heterocycles. The number of nitrogens with one attached hydrogen (secondary N) is 1. The molecule has 4 heterocycles. The van der Waals surface area contributed by atoms with Gasteiger partial charge in [-0.1, -0.05) is 26.0 Å². The average Bonchev–Trinajstić information content (AvgIpc) is 3.44. The number of hydrogen-bond donors (Lipinski definition) is 2. The van der Waals surface area contributed by atoms with Crippen molar-refractivity contribution in [1.82, 2.24) is 25.0 Å². The van der Waals surface area contributed by atoms with E-state index in [1.165, 1.54) is 22.4 Å². The van der Waals surface area contributed by atoms with Crippen LogP contribution in [0.25, 0.3) is 0 Å². The van der Waals surface area contributed by atoms with Crippen LogP contribution in [0.5, 0.6) is 0 Å². The highest BCUT2D eigenvalue weighted by atomic mass is 32.1. The number of amides is 4. The number of nitrogens with zero attached hydrogens (tertiary/aromatic N) is 4. The van der Waals surface area contributed by atoms with Crippen LogP contribution in [-0.4, -0.2) is 119 Å². The summed E-state index contributed by atoms with van der Waals surface area (Å²) in [7, 11) is 0. The van der Waals surface area contributed by atoms with Gasteiger partial charge in [0.1, 0.15) is 10.9 Å². The number of allylic oxidation sites excluding steroid dienone is 2. The van der Waals surface area contributed by atoms with Crippen molar-refractivity contribution in [2.24, 2.45) is 34.0 Å². The minimum Gasteiger partial charge on any atom is -0.396 e. The lowest BCUT2D eigenvalue weighted by Gasteiger charge is -2.50. The van der Waals surface area contributed by atoms with E-state index in [4.69, 9.17) is 4.74 Å². The van der Waals surface area contributed by atoms with Crippen LogP contribution in [0.15, 0.2) is 23.9 Å². The maximum Gasteiger partial charge on any atom is 0.391 e. The predicted molar refractivity (Wildman–Crippen MR) is 178 cm³/mol. The summed E-state index contributed by atoms with van der Waals surface area (Å²) in [5.41, 5.74) is 0.222. The van der Waals surface area contributed by atoms with Crippen LogP contribution in [0.4, 0.5) is 13.2 Å². The third-order valence-electron chi connectivity index (χ3n) is 11.9. The Hall–Kier alpha value is -3.04. The molecule has 5 atom stereocenters. The third kappa shape index (κ3) is 7.32. The number of aliphatic hydroxyl groups is 1. The van der Waals surface area contributed by atoms with Gasteiger partial charge in [-0.05, 0) is 50.9 Å². The van der Waals surface area contributed by atoms with Gasteiger partial charge in [-0.3, -0.25) is 24.2 Å². The molecule has 0 radical (unpaired) electrons. The number of alkyl halides is 3. The molecule has 0 bridgehead atoms. The van der Waals surface area contributed by atoms with Gasteiger partial charge in [-0.25, -0.2) is 0 Å². The van der Waals surface area contributed by atoms with Gasteiger partial charge in [0.05, 0.1) is 42.9 Å². The molecule has 6 rings (SSSR count). The van der Waals surface area contributed by atoms with Crippen molar-refractivity contribution in [3.05, 3.63) is 28.7 Å². The zero-order chi connectivity index (χ0) is 36.1. The number of aromatic nitrogens is 1. The monoisotopic (exact) mass is 723 g/mol. The molecule has 2 N–H and O–H groups in total. The van der Waals surface area contributed by atoms with E-state index in [0.29, 0.717) is 30.8 Å². The first kappa shape index (κ1) is 36.7. The highest BCUT2D eigenvalue weighted by Crippen LogP contribution is 2.54. The molecule has 1 aromatic rings. The molecular weight excluding hydrogens is 675 g/mol. The van der Waals surface area contributed by atoms with Gasteiger partial charge in [0, 0.05) is 56.0 Å². The highest BCUT2D eigenvalue weighted by Gasteiger charge is 2.62. The van der Waals surface area contributed by atoms with Gasteiger partial charge in [0.15, 0.2) is 0 Å². The molecule has 50 heavy (non-hydrogen) atoms. The predicted octanol–water partition coefficient (Wildman–Crippen LogP) is 3.50. The van der Waals surface area contributed by atoms with Crippen molar-refractivity contribution in [3.63, 3.8) is 0 Å². The molecule has 4 amide bonds. The number of piperidine rings is 1. The Balaban J connectivity index is 1.21. The molecule has 276 valence electrons. The standard InChI is InChI=1S/C35H48F3N5O6S/c1-22(49-20-33(19-44)9-5-4-6-10-33)27(31(48)41-11-7-23(8-12-41)35(36,37)38)40-28(45)25-15-42(30(47)26-14-39-21-50-26)16-34(25)17-43(18-34)29(46)24-13-32(24,2)3/h4-5,14,21-25,27,44H,6-13,15-20H2,1-3H3,(H,40,45)/t22-,24-,25+,27+,33?/m1/s1. The normalized spacial score (nSPS) is 28.7. The number of carbonyl (C=O) groups excluding carboxylic acids is 4. The van der Waals surface area contributed by atoms with E-state index in [0.717, 1.165) is 12.8 Å². The minimum atomic E-state index is -4.35. The van der Waals surface area contributed by atoms with Gasteiger partial charge in [-0.15, -0.1) is 11.3 Å². The number of rotatable bonds is 10. The van der Waals surface area contributed by atoms with E-state index < -0.39 is 52.8 Å². The number of hydrogen-bond acceptors (Lipinski definition) is 8. The number of likely N-dealkylation sites (tertiary alicyclic amines) is 3. The molecule has 2 aliphatic carbocycles. The Morgan fingerprint density at radius 1 is 1.08 bits per heavy atom. The first-order valence-electron chi connectivity index (χ1n) is 17.6. The van der Waals surface area contributed by atoms with Gasteiger partial charge in [0.2, 0.25) is 17.7 Å². The molecule has 1 aromatic heterocycles. The number of ether oxygens (including phenoxy) is 1. The maximum absolute atomic E-state index is 14.4. The summed E-state index contributed by atoms with van der Waals surface area (Å²) >= 11 is 1.20. The van der Waals surface area contributed by atoms with E-state index in [9.17, 15) is 37.5 Å². The van der Waals surface area contributed by atoms with Crippen LogP contribution in [-0.2, 0) is 19.1 Å². The molecule has 1 unspecified atom stereocenters. The summed E-state index contributed by atoms with van der Waals surface area (Å²) in [6, 6.07) is -1.21. The first-order valence-corrected chi connectivity index (χ1v) is 18.5. The van der Waals surface area contributed by atoms with E-state index in [2.05, 4.69) is 10.3 Å². The Kier molecular flexibility index (Phi) is 10.2. The summed E-state index contributed by atoms with van der Waals surface area (Å²) in [5, 5.41) is 13.1. The van der Waals surface area contributed by atoms with Gasteiger partial charge in [0.25, 0.3) is 5.91 Å². The van der Waals surface area contributed by atoms with Crippen LogP contribution in [0.2, 0.25) is 0 Å². The number of thiazole rings is 1. The SMILES string of the molecule is C[C@@H](OCC1(CO)CC=CCC1)[C@H](NC(=O)[C@@H]1CN(C(=O)c2cncs2)CC12CN(C(=O)[C@H]1CC1(C)C)C2)C(=O)N1CCC(C(F)(F)F)CC1. The summed E-state index contributed by atoms with van der Waals surface area (Å²) in [6.07, 6.45) is 2.67. The van der Waals surface area contributed by atoms with Crippen LogP contribution >= 0.6 is 11.3 Å². The zero-order valence-electron chi connectivity index (χ0n) is 28.9. The minimum absolute atomic E-state index is 0.0414. The smallest absolute Gasteiger partial charge is 0.391 e. The highest BCUT2D eigenvalue weighted by molar-refractivity contribution is 7.11. The van der Waals surface area contributed by atoms with Gasteiger partial charge < -0.3 is 29.9 Å². The van der Waals surface area contributed by atoms with Crippen molar-refractivity contribution < 1.29 is 42.2 Å². The lowest BCUT2D eigenvalue weighted by Crippen LogP contribution is -2.65. The van der Waals surface area contributed by atoms with Crippen LogP contribution in [0, 0.1) is 34.0 Å².